The van der Waals surface area contributed by atoms with Crippen LogP contribution in [0.5, 0.6) is 0 Å². The normalized spacial score (nSPS) is 26.0. The van der Waals surface area contributed by atoms with Crippen LogP contribution in [0.15, 0.2) is 12.7 Å². The molecule has 0 saturated carbocycles. The van der Waals surface area contributed by atoms with E-state index in [0.29, 0.717) is 11.2 Å². The Morgan fingerprint density at radius 1 is 1.55 bits per heavy atom. The number of aromatic nitrogens is 4. The summed E-state index contributed by atoms with van der Waals surface area (Å²) in [6.45, 7) is 0. The van der Waals surface area contributed by atoms with Gasteiger partial charge in [0.15, 0.2) is 23.8 Å². The van der Waals surface area contributed by atoms with Crippen molar-refractivity contribution in [3.05, 3.63) is 12.7 Å². The molecule has 106 valence electrons. The molecule has 2 aromatic rings. The van der Waals surface area contributed by atoms with E-state index in [1.807, 2.05) is 0 Å². The fourth-order valence-electron chi connectivity index (χ4n) is 2.21. The predicted octanol–water partition coefficient (Wildman–Crippen LogP) is 0.207. The van der Waals surface area contributed by atoms with E-state index < -0.39 is 24.5 Å². The maximum Gasteiger partial charge on any atom is 0.335 e. The van der Waals surface area contributed by atoms with Gasteiger partial charge in [-0.2, -0.15) is 0 Å². The second kappa shape index (κ2) is 4.67. The number of nitrogen functional groups attached to an aromatic ring is 1. The molecule has 0 aliphatic carbocycles. The number of nitrogens with zero attached hydrogens (tertiary/aromatic N) is 4. The Balaban J connectivity index is 1.96. The van der Waals surface area contributed by atoms with E-state index >= 15 is 0 Å². The Morgan fingerprint density at radius 2 is 2.35 bits per heavy atom. The number of carbonyl (C=O) groups excluding carboxylic acids is 1. The van der Waals surface area contributed by atoms with E-state index in [0.717, 1.165) is 0 Å². The average molecular weight is 281 g/mol. The number of alkyl halides is 1. The van der Waals surface area contributed by atoms with Crippen LogP contribution in [0.3, 0.4) is 0 Å². The highest BCUT2D eigenvalue weighted by Crippen LogP contribution is 2.33. The SMILES string of the molecule is COC(=O)[C@@H]1C[C@@H](F)[C@H](n2cnc3c(N)ncnc32)O1. The molecule has 20 heavy (non-hydrogen) atoms. The minimum atomic E-state index is -1.37. The van der Waals surface area contributed by atoms with Crippen LogP contribution in [-0.2, 0) is 14.3 Å². The molecule has 9 heteroatoms. The molecule has 1 fully saturated rings. The van der Waals surface area contributed by atoms with Gasteiger partial charge in [0.25, 0.3) is 0 Å². The second-order valence-corrected chi connectivity index (χ2v) is 4.37. The number of rotatable bonds is 2. The van der Waals surface area contributed by atoms with Gasteiger partial charge in [-0.3, -0.25) is 4.57 Å². The van der Waals surface area contributed by atoms with Crippen molar-refractivity contribution >= 4 is 23.0 Å². The number of ether oxygens (including phenoxy) is 2. The fraction of sp³-hybridized carbons (Fsp3) is 0.455. The Labute approximate surface area is 112 Å². The van der Waals surface area contributed by atoms with Crippen LogP contribution in [0, 0.1) is 0 Å². The monoisotopic (exact) mass is 281 g/mol. The zero-order chi connectivity index (χ0) is 14.3. The maximum atomic E-state index is 14.1. The topological polar surface area (TPSA) is 105 Å². The van der Waals surface area contributed by atoms with Crippen LogP contribution in [0.25, 0.3) is 11.2 Å². The molecule has 2 N–H and O–H groups in total. The van der Waals surface area contributed by atoms with Gasteiger partial charge in [0.05, 0.1) is 13.4 Å². The van der Waals surface area contributed by atoms with Crippen LogP contribution in [-0.4, -0.2) is 44.9 Å². The smallest absolute Gasteiger partial charge is 0.335 e. The largest absolute Gasteiger partial charge is 0.467 e. The summed E-state index contributed by atoms with van der Waals surface area (Å²) in [5.74, 6) is -0.402. The molecule has 2 aromatic heterocycles. The Morgan fingerprint density at radius 3 is 3.10 bits per heavy atom. The van der Waals surface area contributed by atoms with Gasteiger partial charge in [-0.15, -0.1) is 0 Å². The Bertz CT molecular complexity index is 661. The number of methoxy groups -OCH3 is 1. The van der Waals surface area contributed by atoms with Gasteiger partial charge in [-0.1, -0.05) is 0 Å². The molecule has 0 radical (unpaired) electrons. The molecule has 0 unspecified atom stereocenters. The van der Waals surface area contributed by atoms with Crippen LogP contribution < -0.4 is 5.73 Å². The van der Waals surface area contributed by atoms with Crippen LogP contribution in [0.4, 0.5) is 10.2 Å². The molecule has 0 amide bonds. The molecule has 3 atom stereocenters. The van der Waals surface area contributed by atoms with Crippen molar-refractivity contribution < 1.29 is 18.7 Å². The fourth-order valence-corrected chi connectivity index (χ4v) is 2.21. The molecule has 1 aliphatic heterocycles. The summed E-state index contributed by atoms with van der Waals surface area (Å²) in [6.07, 6.45) is -0.734. The van der Waals surface area contributed by atoms with Gasteiger partial charge in [-0.05, 0) is 0 Å². The first-order valence-electron chi connectivity index (χ1n) is 5.92. The van der Waals surface area contributed by atoms with Crippen LogP contribution >= 0.6 is 0 Å². The minimum absolute atomic E-state index is 0.0718. The first-order valence-corrected chi connectivity index (χ1v) is 5.92. The summed E-state index contributed by atoms with van der Waals surface area (Å²) >= 11 is 0. The molecular formula is C11H12FN5O3. The summed E-state index contributed by atoms with van der Waals surface area (Å²) in [7, 11) is 1.23. The molecule has 1 aliphatic rings. The summed E-state index contributed by atoms with van der Waals surface area (Å²) in [6, 6.07) is 0. The number of carbonyl (C=O) groups is 1. The number of hydrogen-bond acceptors (Lipinski definition) is 7. The first kappa shape index (κ1) is 12.7. The van der Waals surface area contributed by atoms with E-state index in [9.17, 15) is 9.18 Å². The summed E-state index contributed by atoms with van der Waals surface area (Å²) in [5.41, 5.74) is 6.39. The number of fused-ring (bicyclic) bond motifs is 1. The van der Waals surface area contributed by atoms with Gasteiger partial charge in [0.1, 0.15) is 18.0 Å². The van der Waals surface area contributed by atoms with Gasteiger partial charge < -0.3 is 15.2 Å². The highest BCUT2D eigenvalue weighted by molar-refractivity contribution is 5.81. The molecule has 0 spiro atoms. The van der Waals surface area contributed by atoms with E-state index in [-0.39, 0.29) is 12.2 Å². The number of anilines is 1. The summed E-state index contributed by atoms with van der Waals surface area (Å²) < 4.78 is 25.4. The molecular weight excluding hydrogens is 269 g/mol. The van der Waals surface area contributed by atoms with Crippen molar-refractivity contribution in [3.8, 4) is 0 Å². The lowest BCUT2D eigenvalue weighted by Crippen LogP contribution is -2.22. The van der Waals surface area contributed by atoms with Crippen LogP contribution in [0.2, 0.25) is 0 Å². The molecule has 1 saturated heterocycles. The lowest BCUT2D eigenvalue weighted by molar-refractivity contribution is -0.155. The second-order valence-electron chi connectivity index (χ2n) is 4.37. The number of imidazole rings is 1. The molecule has 3 rings (SSSR count). The third kappa shape index (κ3) is 1.86. The van der Waals surface area contributed by atoms with Crippen LogP contribution in [0.1, 0.15) is 12.6 Å². The van der Waals surface area contributed by atoms with E-state index in [4.69, 9.17) is 10.5 Å². The minimum Gasteiger partial charge on any atom is -0.467 e. The Kier molecular flexibility index (Phi) is 2.97. The lowest BCUT2D eigenvalue weighted by atomic mass is 10.2. The number of nitrogens with two attached hydrogens (primary N) is 1. The van der Waals surface area contributed by atoms with E-state index in [2.05, 4.69) is 19.7 Å². The van der Waals surface area contributed by atoms with Gasteiger partial charge in [0.2, 0.25) is 0 Å². The molecule has 0 bridgehead atoms. The van der Waals surface area contributed by atoms with Crippen molar-refractivity contribution in [3.63, 3.8) is 0 Å². The Hall–Kier alpha value is -2.29. The molecule has 3 heterocycles. The van der Waals surface area contributed by atoms with Crippen molar-refractivity contribution in [2.75, 3.05) is 12.8 Å². The third-order valence-electron chi connectivity index (χ3n) is 3.18. The lowest BCUT2D eigenvalue weighted by Gasteiger charge is -2.15. The van der Waals surface area contributed by atoms with Crippen molar-refractivity contribution in [1.82, 2.24) is 19.5 Å². The number of esters is 1. The molecule has 0 aromatic carbocycles. The molecule has 8 nitrogen and oxygen atoms in total. The number of hydrogen-bond donors (Lipinski definition) is 1. The zero-order valence-corrected chi connectivity index (χ0v) is 10.6. The zero-order valence-electron chi connectivity index (χ0n) is 10.6. The first-order chi connectivity index (χ1) is 9.61. The number of halogens is 1. The van der Waals surface area contributed by atoms with Crippen molar-refractivity contribution in [1.29, 1.82) is 0 Å². The van der Waals surface area contributed by atoms with Crippen molar-refractivity contribution in [2.24, 2.45) is 0 Å². The third-order valence-corrected chi connectivity index (χ3v) is 3.18. The van der Waals surface area contributed by atoms with E-state index in [1.165, 1.54) is 24.3 Å². The van der Waals surface area contributed by atoms with Crippen molar-refractivity contribution in [2.45, 2.75) is 24.9 Å². The highest BCUT2D eigenvalue weighted by Gasteiger charge is 2.41. The maximum absolute atomic E-state index is 14.1. The highest BCUT2D eigenvalue weighted by atomic mass is 19.1. The van der Waals surface area contributed by atoms with Gasteiger partial charge in [0, 0.05) is 6.42 Å². The van der Waals surface area contributed by atoms with Gasteiger partial charge in [-0.25, -0.2) is 24.1 Å². The standard InChI is InChI=1S/C11H12FN5O3/c1-19-11(18)6-2-5(12)10(20-6)17-4-16-7-8(13)14-3-15-9(7)17/h3-6,10H,2H2,1H3,(H2,13,14,15)/t5-,6+,10-/m1/s1. The predicted molar refractivity (Wildman–Crippen MR) is 65.2 cm³/mol. The summed E-state index contributed by atoms with van der Waals surface area (Å²) in [5, 5.41) is 0. The van der Waals surface area contributed by atoms with E-state index in [1.54, 1.807) is 0 Å². The van der Waals surface area contributed by atoms with Gasteiger partial charge >= 0.3 is 5.97 Å². The summed E-state index contributed by atoms with van der Waals surface area (Å²) in [4.78, 5) is 23.3. The quantitative estimate of drug-likeness (QED) is 0.784. The average Bonchev–Trinajstić information content (AvgIpc) is 3.02.